The number of hydrogen-bond acceptors (Lipinski definition) is 4. The Morgan fingerprint density at radius 1 is 1.33 bits per heavy atom. The predicted octanol–water partition coefficient (Wildman–Crippen LogP) is 0.721. The second-order valence-electron chi connectivity index (χ2n) is 7.08. The van der Waals surface area contributed by atoms with Crippen LogP contribution in [-0.4, -0.2) is 63.7 Å². The topological polar surface area (TPSA) is 67.7 Å². The smallest absolute Gasteiger partial charge is 0.228 e. The molecule has 3 fully saturated rings. The summed E-state index contributed by atoms with van der Waals surface area (Å²) in [6, 6.07) is 0.213. The van der Waals surface area contributed by atoms with Gasteiger partial charge in [0, 0.05) is 51.5 Å². The van der Waals surface area contributed by atoms with E-state index < -0.39 is 0 Å². The summed E-state index contributed by atoms with van der Waals surface area (Å²) in [5, 5.41) is 4.20. The Morgan fingerprint density at radius 2 is 2.17 bits per heavy atom. The zero-order chi connectivity index (χ0) is 16.7. The molecule has 2 atom stereocenters. The van der Waals surface area contributed by atoms with E-state index in [0.717, 1.165) is 31.4 Å². The van der Waals surface area contributed by atoms with E-state index in [1.807, 2.05) is 23.0 Å². The van der Waals surface area contributed by atoms with E-state index in [2.05, 4.69) is 5.10 Å². The van der Waals surface area contributed by atoms with E-state index in [1.165, 1.54) is 0 Å². The summed E-state index contributed by atoms with van der Waals surface area (Å²) < 4.78 is 7.65. The number of aromatic nitrogens is 2. The highest BCUT2D eigenvalue weighted by Gasteiger charge is 2.43. The van der Waals surface area contributed by atoms with E-state index in [4.69, 9.17) is 4.74 Å². The molecule has 3 aliphatic heterocycles. The van der Waals surface area contributed by atoms with Crippen LogP contribution < -0.4 is 0 Å². The van der Waals surface area contributed by atoms with Gasteiger partial charge in [0.1, 0.15) is 0 Å². The van der Waals surface area contributed by atoms with Crippen LogP contribution in [0.25, 0.3) is 0 Å². The van der Waals surface area contributed by atoms with Gasteiger partial charge in [-0.05, 0) is 19.3 Å². The van der Waals surface area contributed by atoms with Crippen LogP contribution in [0.2, 0.25) is 0 Å². The third-order valence-corrected chi connectivity index (χ3v) is 5.42. The number of rotatable bonds is 3. The summed E-state index contributed by atoms with van der Waals surface area (Å²) in [7, 11) is 1.87. The Kier molecular flexibility index (Phi) is 4.04. The monoisotopic (exact) mass is 332 g/mol. The van der Waals surface area contributed by atoms with Gasteiger partial charge in [-0.1, -0.05) is 0 Å². The molecule has 7 heteroatoms. The molecule has 0 aromatic carbocycles. The number of carbonyl (C=O) groups excluding carboxylic acids is 2. The molecule has 2 amide bonds. The van der Waals surface area contributed by atoms with Gasteiger partial charge in [-0.3, -0.25) is 14.3 Å². The molecular formula is C17H24N4O3. The van der Waals surface area contributed by atoms with Gasteiger partial charge in [-0.15, -0.1) is 0 Å². The molecule has 24 heavy (non-hydrogen) atoms. The van der Waals surface area contributed by atoms with Crippen molar-refractivity contribution in [3.8, 4) is 0 Å². The summed E-state index contributed by atoms with van der Waals surface area (Å²) >= 11 is 0. The van der Waals surface area contributed by atoms with Gasteiger partial charge < -0.3 is 14.5 Å². The molecule has 1 aromatic rings. The van der Waals surface area contributed by atoms with Gasteiger partial charge in [0.25, 0.3) is 0 Å². The third kappa shape index (κ3) is 2.70. The summed E-state index contributed by atoms with van der Waals surface area (Å²) in [6.07, 6.45) is 6.88. The first kappa shape index (κ1) is 15.6. The van der Waals surface area contributed by atoms with Crippen LogP contribution in [-0.2, 0) is 21.4 Å². The lowest BCUT2D eigenvalue weighted by Gasteiger charge is -2.46. The molecule has 3 saturated heterocycles. The van der Waals surface area contributed by atoms with Crippen LogP contribution in [0.5, 0.6) is 0 Å². The number of carbonyl (C=O) groups is 2. The first-order valence-corrected chi connectivity index (χ1v) is 8.82. The maximum absolute atomic E-state index is 12.9. The third-order valence-electron chi connectivity index (χ3n) is 5.42. The Labute approximate surface area is 141 Å². The highest BCUT2D eigenvalue weighted by molar-refractivity contribution is 5.82. The lowest BCUT2D eigenvalue weighted by atomic mass is 9.88. The fourth-order valence-corrected chi connectivity index (χ4v) is 4.07. The molecule has 130 valence electrons. The van der Waals surface area contributed by atoms with Crippen molar-refractivity contribution in [2.75, 3.05) is 26.2 Å². The SMILES string of the molecule is Cn1cc([C@@H]2OCCC[C@H]2C(=O)N2CC(N3CCCC3=O)C2)cn1. The van der Waals surface area contributed by atoms with Gasteiger partial charge in [0.15, 0.2) is 0 Å². The first-order chi connectivity index (χ1) is 11.6. The fraction of sp³-hybridized carbons (Fsp3) is 0.706. The summed E-state index contributed by atoms with van der Waals surface area (Å²) in [4.78, 5) is 28.6. The van der Waals surface area contributed by atoms with E-state index in [-0.39, 0.29) is 29.9 Å². The van der Waals surface area contributed by atoms with Crippen LogP contribution in [0.15, 0.2) is 12.4 Å². The van der Waals surface area contributed by atoms with E-state index in [9.17, 15) is 9.59 Å². The normalized spacial score (nSPS) is 28.3. The van der Waals surface area contributed by atoms with Crippen LogP contribution in [0, 0.1) is 5.92 Å². The van der Waals surface area contributed by atoms with Gasteiger partial charge in [-0.25, -0.2) is 0 Å². The van der Waals surface area contributed by atoms with Crippen molar-refractivity contribution in [2.45, 2.75) is 37.8 Å². The Morgan fingerprint density at radius 3 is 2.83 bits per heavy atom. The molecule has 0 bridgehead atoms. The largest absolute Gasteiger partial charge is 0.373 e. The minimum atomic E-state index is -0.201. The van der Waals surface area contributed by atoms with Crippen molar-refractivity contribution >= 4 is 11.8 Å². The van der Waals surface area contributed by atoms with Gasteiger partial charge in [0.05, 0.1) is 24.3 Å². The number of likely N-dealkylation sites (tertiary alicyclic amines) is 2. The molecule has 0 N–H and O–H groups in total. The van der Waals surface area contributed by atoms with E-state index in [0.29, 0.717) is 26.1 Å². The Hall–Kier alpha value is -1.89. The lowest BCUT2D eigenvalue weighted by Crippen LogP contribution is -2.62. The molecule has 0 spiro atoms. The molecule has 0 radical (unpaired) electrons. The van der Waals surface area contributed by atoms with Crippen molar-refractivity contribution in [3.63, 3.8) is 0 Å². The number of nitrogens with zero attached hydrogens (tertiary/aromatic N) is 4. The van der Waals surface area contributed by atoms with Crippen LogP contribution in [0.3, 0.4) is 0 Å². The van der Waals surface area contributed by atoms with Crippen molar-refractivity contribution in [1.29, 1.82) is 0 Å². The maximum atomic E-state index is 12.9. The van der Waals surface area contributed by atoms with E-state index in [1.54, 1.807) is 10.9 Å². The quantitative estimate of drug-likeness (QED) is 0.818. The number of amides is 2. The molecule has 1 aromatic heterocycles. The molecule has 3 aliphatic rings. The van der Waals surface area contributed by atoms with Crippen molar-refractivity contribution in [1.82, 2.24) is 19.6 Å². The zero-order valence-corrected chi connectivity index (χ0v) is 14.1. The van der Waals surface area contributed by atoms with Crippen LogP contribution in [0.1, 0.15) is 37.4 Å². The number of aryl methyl sites for hydroxylation is 1. The zero-order valence-electron chi connectivity index (χ0n) is 14.1. The molecular weight excluding hydrogens is 308 g/mol. The fourth-order valence-electron chi connectivity index (χ4n) is 4.07. The maximum Gasteiger partial charge on any atom is 0.228 e. The van der Waals surface area contributed by atoms with Gasteiger partial charge in [-0.2, -0.15) is 5.10 Å². The second-order valence-corrected chi connectivity index (χ2v) is 7.08. The highest BCUT2D eigenvalue weighted by Crippen LogP contribution is 2.36. The molecule has 0 aliphatic carbocycles. The van der Waals surface area contributed by atoms with Crippen LogP contribution in [0.4, 0.5) is 0 Å². The van der Waals surface area contributed by atoms with Crippen molar-refractivity contribution < 1.29 is 14.3 Å². The molecule has 0 unspecified atom stereocenters. The molecule has 7 nitrogen and oxygen atoms in total. The summed E-state index contributed by atoms with van der Waals surface area (Å²) in [5.74, 6) is 0.256. The minimum Gasteiger partial charge on any atom is -0.373 e. The molecule has 4 heterocycles. The Bertz CT molecular complexity index is 638. The predicted molar refractivity (Wildman–Crippen MR) is 85.9 cm³/mol. The standard InChI is InChI=1S/C17H24N4O3/c1-19-9-12(8-18-19)16-14(4-3-7-24-16)17(23)20-10-13(11-20)21-6-2-5-15(21)22/h8-9,13-14,16H,2-7,10-11H2,1H3/t14-,16+/m1/s1. The van der Waals surface area contributed by atoms with Gasteiger partial charge in [0.2, 0.25) is 11.8 Å². The summed E-state index contributed by atoms with van der Waals surface area (Å²) in [6.45, 7) is 2.87. The minimum absolute atomic E-state index is 0.141. The van der Waals surface area contributed by atoms with Crippen LogP contribution >= 0.6 is 0 Å². The van der Waals surface area contributed by atoms with Crippen molar-refractivity contribution in [3.05, 3.63) is 18.0 Å². The van der Waals surface area contributed by atoms with Crippen molar-refractivity contribution in [2.24, 2.45) is 13.0 Å². The lowest BCUT2D eigenvalue weighted by molar-refractivity contribution is -0.155. The Balaban J connectivity index is 1.41. The molecule has 0 saturated carbocycles. The first-order valence-electron chi connectivity index (χ1n) is 8.82. The number of hydrogen-bond donors (Lipinski definition) is 0. The number of ether oxygens (including phenoxy) is 1. The average Bonchev–Trinajstić information content (AvgIpc) is 3.15. The van der Waals surface area contributed by atoms with Gasteiger partial charge >= 0.3 is 0 Å². The highest BCUT2D eigenvalue weighted by atomic mass is 16.5. The summed E-state index contributed by atoms with van der Waals surface area (Å²) in [5.41, 5.74) is 0.974. The van der Waals surface area contributed by atoms with E-state index >= 15 is 0 Å². The molecule has 4 rings (SSSR count). The second kappa shape index (κ2) is 6.20. The average molecular weight is 332 g/mol.